The van der Waals surface area contributed by atoms with E-state index < -0.39 is 10.2 Å². The minimum absolute atomic E-state index is 0.0473. The molecule has 1 aromatic heterocycles. The fourth-order valence-electron chi connectivity index (χ4n) is 1.94. The number of halogens is 1. The molecule has 1 fully saturated rings. The summed E-state index contributed by atoms with van der Waals surface area (Å²) in [6.07, 6.45) is 4.72. The maximum Gasteiger partial charge on any atom is 0.302 e. The van der Waals surface area contributed by atoms with Gasteiger partial charge in [0, 0.05) is 25.5 Å². The Bertz CT molecular complexity index is 522. The van der Waals surface area contributed by atoms with Crippen LogP contribution in [-0.4, -0.2) is 35.8 Å². The highest BCUT2D eigenvalue weighted by Gasteiger charge is 2.27. The molecule has 1 N–H and O–H groups in total. The molecule has 0 aromatic carbocycles. The first-order chi connectivity index (χ1) is 8.49. The van der Waals surface area contributed by atoms with Gasteiger partial charge in [-0.25, -0.2) is 9.97 Å². The Kier molecular flexibility index (Phi) is 4.04. The second-order valence-electron chi connectivity index (χ2n) is 4.41. The third kappa shape index (κ3) is 3.09. The molecule has 2 rings (SSSR count). The highest BCUT2D eigenvalue weighted by molar-refractivity contribution is 7.90. The summed E-state index contributed by atoms with van der Waals surface area (Å²) < 4.78 is 28.1. The van der Waals surface area contributed by atoms with Gasteiger partial charge in [-0.15, -0.1) is 0 Å². The summed E-state index contributed by atoms with van der Waals surface area (Å²) in [5.74, 6) is 0.435. The summed E-state index contributed by atoms with van der Waals surface area (Å²) in [5, 5.41) is 0.0473. The first-order valence-electron chi connectivity index (χ1n) is 5.73. The van der Waals surface area contributed by atoms with Gasteiger partial charge in [0.05, 0.1) is 0 Å². The van der Waals surface area contributed by atoms with Crippen LogP contribution in [0.2, 0.25) is 5.15 Å². The van der Waals surface area contributed by atoms with Crippen molar-refractivity contribution < 1.29 is 8.42 Å². The fraction of sp³-hybridized carbons (Fsp3) is 0.600. The van der Waals surface area contributed by atoms with Crippen LogP contribution in [0.4, 0.5) is 5.82 Å². The predicted octanol–water partition coefficient (Wildman–Crippen LogP) is 1.52. The molecule has 0 aliphatic carbocycles. The fourth-order valence-corrected chi connectivity index (χ4v) is 3.49. The number of anilines is 1. The molecule has 0 radical (unpaired) electrons. The van der Waals surface area contributed by atoms with E-state index in [9.17, 15) is 8.42 Å². The average molecular weight is 291 g/mol. The average Bonchev–Trinajstić information content (AvgIpc) is 2.32. The van der Waals surface area contributed by atoms with Crippen LogP contribution >= 0.6 is 11.6 Å². The molecule has 100 valence electrons. The Morgan fingerprint density at radius 3 is 2.83 bits per heavy atom. The van der Waals surface area contributed by atoms with Crippen LogP contribution in [0.15, 0.2) is 12.4 Å². The summed E-state index contributed by atoms with van der Waals surface area (Å²) in [6.45, 7) is 3.09. The van der Waals surface area contributed by atoms with Crippen molar-refractivity contribution in [1.29, 1.82) is 0 Å². The Labute approximate surface area is 112 Å². The topological polar surface area (TPSA) is 75.2 Å². The van der Waals surface area contributed by atoms with Gasteiger partial charge in [-0.3, -0.25) is 4.72 Å². The Morgan fingerprint density at radius 2 is 2.17 bits per heavy atom. The monoisotopic (exact) mass is 290 g/mol. The van der Waals surface area contributed by atoms with Gasteiger partial charge in [0.1, 0.15) is 0 Å². The van der Waals surface area contributed by atoms with Crippen molar-refractivity contribution in [2.75, 3.05) is 17.8 Å². The molecule has 8 heteroatoms. The standard InChI is InChI=1S/C10H15ClN4O2S/c1-8-3-2-6-15(7-8)18(16,17)14-10-9(11)12-4-5-13-10/h4-5,8H,2-3,6-7H2,1H3,(H,13,14). The molecule has 0 saturated carbocycles. The summed E-state index contributed by atoms with van der Waals surface area (Å²) in [6, 6.07) is 0. The smallest absolute Gasteiger partial charge is 0.252 e. The van der Waals surface area contributed by atoms with Crippen LogP contribution in [-0.2, 0) is 10.2 Å². The molecule has 1 saturated heterocycles. The van der Waals surface area contributed by atoms with Gasteiger partial charge in [0.25, 0.3) is 0 Å². The van der Waals surface area contributed by atoms with Crippen molar-refractivity contribution in [3.05, 3.63) is 17.5 Å². The van der Waals surface area contributed by atoms with Crippen LogP contribution in [0.1, 0.15) is 19.8 Å². The van der Waals surface area contributed by atoms with Crippen LogP contribution in [0.25, 0.3) is 0 Å². The molecule has 1 aliphatic rings. The highest BCUT2D eigenvalue weighted by atomic mass is 35.5. The van der Waals surface area contributed by atoms with Crippen LogP contribution in [0.5, 0.6) is 0 Å². The van der Waals surface area contributed by atoms with Gasteiger partial charge in [-0.1, -0.05) is 18.5 Å². The van der Waals surface area contributed by atoms with Crippen molar-refractivity contribution in [1.82, 2.24) is 14.3 Å². The lowest BCUT2D eigenvalue weighted by atomic mass is 10.0. The molecular formula is C10H15ClN4O2S. The Hall–Kier alpha value is -0.920. The molecule has 1 aliphatic heterocycles. The Balaban J connectivity index is 2.14. The van der Waals surface area contributed by atoms with Gasteiger partial charge in [0.15, 0.2) is 11.0 Å². The summed E-state index contributed by atoms with van der Waals surface area (Å²) in [5.41, 5.74) is 0. The highest BCUT2D eigenvalue weighted by Crippen LogP contribution is 2.21. The van der Waals surface area contributed by atoms with Crippen molar-refractivity contribution in [2.45, 2.75) is 19.8 Å². The van der Waals surface area contributed by atoms with E-state index in [1.165, 1.54) is 16.7 Å². The first-order valence-corrected chi connectivity index (χ1v) is 7.55. The lowest BCUT2D eigenvalue weighted by Gasteiger charge is -2.29. The van der Waals surface area contributed by atoms with E-state index in [1.54, 1.807) is 0 Å². The van der Waals surface area contributed by atoms with Crippen molar-refractivity contribution in [2.24, 2.45) is 5.92 Å². The lowest BCUT2D eigenvalue weighted by molar-refractivity contribution is 0.282. The second-order valence-corrected chi connectivity index (χ2v) is 6.44. The van der Waals surface area contributed by atoms with E-state index in [2.05, 4.69) is 14.7 Å². The van der Waals surface area contributed by atoms with Crippen molar-refractivity contribution in [3.8, 4) is 0 Å². The quantitative estimate of drug-likeness (QED) is 0.916. The summed E-state index contributed by atoms with van der Waals surface area (Å²) in [4.78, 5) is 7.65. The largest absolute Gasteiger partial charge is 0.302 e. The van der Waals surface area contributed by atoms with Gasteiger partial charge in [0.2, 0.25) is 0 Å². The van der Waals surface area contributed by atoms with E-state index in [1.807, 2.05) is 6.92 Å². The number of rotatable bonds is 3. The van der Waals surface area contributed by atoms with Crippen molar-refractivity contribution in [3.63, 3.8) is 0 Å². The van der Waals surface area contributed by atoms with E-state index in [0.29, 0.717) is 19.0 Å². The normalized spacial score (nSPS) is 21.8. The molecule has 0 amide bonds. The van der Waals surface area contributed by atoms with Crippen LogP contribution in [0, 0.1) is 5.92 Å². The number of hydrogen-bond acceptors (Lipinski definition) is 4. The van der Waals surface area contributed by atoms with Gasteiger partial charge in [-0.05, 0) is 18.8 Å². The molecule has 1 aromatic rings. The Morgan fingerprint density at radius 1 is 1.44 bits per heavy atom. The number of aromatic nitrogens is 2. The van der Waals surface area contributed by atoms with Gasteiger partial charge in [-0.2, -0.15) is 12.7 Å². The minimum Gasteiger partial charge on any atom is -0.252 e. The zero-order valence-corrected chi connectivity index (χ0v) is 11.6. The van der Waals surface area contributed by atoms with Gasteiger partial charge < -0.3 is 0 Å². The zero-order chi connectivity index (χ0) is 13.2. The molecular weight excluding hydrogens is 276 g/mol. The van der Waals surface area contributed by atoms with E-state index >= 15 is 0 Å². The zero-order valence-electron chi connectivity index (χ0n) is 10.0. The lowest BCUT2D eigenvalue weighted by Crippen LogP contribution is -2.42. The molecule has 18 heavy (non-hydrogen) atoms. The minimum atomic E-state index is -3.60. The molecule has 0 spiro atoms. The summed E-state index contributed by atoms with van der Waals surface area (Å²) >= 11 is 5.78. The third-order valence-electron chi connectivity index (χ3n) is 2.84. The van der Waals surface area contributed by atoms with E-state index in [-0.39, 0.29) is 11.0 Å². The molecule has 2 heterocycles. The predicted molar refractivity (Wildman–Crippen MR) is 69.6 cm³/mol. The third-order valence-corrected chi connectivity index (χ3v) is 4.58. The van der Waals surface area contributed by atoms with Crippen LogP contribution < -0.4 is 4.72 Å². The SMILES string of the molecule is CC1CCCN(S(=O)(=O)Nc2nccnc2Cl)C1. The number of nitrogens with zero attached hydrogens (tertiary/aromatic N) is 3. The first kappa shape index (κ1) is 13.5. The maximum absolute atomic E-state index is 12.1. The number of piperidine rings is 1. The van der Waals surface area contributed by atoms with Crippen LogP contribution in [0.3, 0.4) is 0 Å². The molecule has 0 bridgehead atoms. The van der Waals surface area contributed by atoms with Gasteiger partial charge >= 0.3 is 10.2 Å². The number of hydrogen-bond donors (Lipinski definition) is 1. The maximum atomic E-state index is 12.1. The van der Waals surface area contributed by atoms with E-state index in [4.69, 9.17) is 11.6 Å². The summed E-state index contributed by atoms with van der Waals surface area (Å²) in [7, 11) is -3.60. The molecule has 6 nitrogen and oxygen atoms in total. The van der Waals surface area contributed by atoms with E-state index in [0.717, 1.165) is 12.8 Å². The molecule has 1 atom stereocenters. The molecule has 1 unspecified atom stereocenters. The van der Waals surface area contributed by atoms with Crippen molar-refractivity contribution >= 4 is 27.6 Å². The number of nitrogens with one attached hydrogen (secondary N) is 1. The second kappa shape index (κ2) is 5.38.